The van der Waals surface area contributed by atoms with Crippen molar-refractivity contribution in [2.24, 2.45) is 5.92 Å². The van der Waals surface area contributed by atoms with Gasteiger partial charge in [0.1, 0.15) is 0 Å². The first-order valence-corrected chi connectivity index (χ1v) is 5.76. The standard InChI is InChI=1S/C13H20N2/c1-10-6-13(9-15(3)8-10)12-4-5-14-11(2)7-12/h4-5,7,10,13H,6,8-9H2,1-3H3/t10-,13+/m1/s1. The number of hydrogen-bond donors (Lipinski definition) is 0. The van der Waals surface area contributed by atoms with Gasteiger partial charge in [-0.05, 0) is 49.9 Å². The van der Waals surface area contributed by atoms with E-state index >= 15 is 0 Å². The maximum absolute atomic E-state index is 4.26. The molecular formula is C13H20N2. The van der Waals surface area contributed by atoms with Crippen LogP contribution in [-0.4, -0.2) is 30.0 Å². The van der Waals surface area contributed by atoms with Gasteiger partial charge < -0.3 is 4.90 Å². The molecule has 0 aromatic carbocycles. The molecule has 1 saturated heterocycles. The number of piperidine rings is 1. The molecule has 0 aliphatic carbocycles. The molecule has 2 heteroatoms. The van der Waals surface area contributed by atoms with E-state index in [4.69, 9.17) is 0 Å². The number of nitrogens with zero attached hydrogens (tertiary/aromatic N) is 2. The first kappa shape index (κ1) is 10.6. The van der Waals surface area contributed by atoms with E-state index in [2.05, 4.69) is 42.9 Å². The van der Waals surface area contributed by atoms with Crippen LogP contribution < -0.4 is 0 Å². The van der Waals surface area contributed by atoms with Gasteiger partial charge in [0.05, 0.1) is 0 Å². The molecule has 2 nitrogen and oxygen atoms in total. The lowest BCUT2D eigenvalue weighted by Gasteiger charge is -2.34. The summed E-state index contributed by atoms with van der Waals surface area (Å²) in [6.45, 7) is 6.84. The maximum Gasteiger partial charge on any atom is 0.0375 e. The second kappa shape index (κ2) is 4.31. The molecule has 2 rings (SSSR count). The van der Waals surface area contributed by atoms with Gasteiger partial charge in [0, 0.05) is 25.0 Å². The Labute approximate surface area is 92.3 Å². The molecule has 82 valence electrons. The monoisotopic (exact) mass is 204 g/mol. The Morgan fingerprint density at radius 3 is 2.87 bits per heavy atom. The maximum atomic E-state index is 4.26. The summed E-state index contributed by atoms with van der Waals surface area (Å²) < 4.78 is 0. The minimum Gasteiger partial charge on any atom is -0.305 e. The SMILES string of the molecule is Cc1cc([C@H]2C[C@@H](C)CN(C)C2)ccn1. The third kappa shape index (κ3) is 2.57. The smallest absolute Gasteiger partial charge is 0.0375 e. The van der Waals surface area contributed by atoms with E-state index in [1.807, 2.05) is 6.20 Å². The normalized spacial score (nSPS) is 27.9. The molecule has 2 atom stereocenters. The van der Waals surface area contributed by atoms with Crippen LogP contribution in [0.5, 0.6) is 0 Å². The number of aromatic nitrogens is 1. The summed E-state index contributed by atoms with van der Waals surface area (Å²) in [5.41, 5.74) is 2.59. The van der Waals surface area contributed by atoms with Gasteiger partial charge in [-0.15, -0.1) is 0 Å². The second-order valence-corrected chi connectivity index (χ2v) is 4.99. The Bertz CT molecular complexity index is 325. The van der Waals surface area contributed by atoms with Crippen LogP contribution in [0.4, 0.5) is 0 Å². The lowest BCUT2D eigenvalue weighted by molar-refractivity contribution is 0.198. The summed E-state index contributed by atoms with van der Waals surface area (Å²) in [7, 11) is 2.22. The van der Waals surface area contributed by atoms with Crippen molar-refractivity contribution in [2.45, 2.75) is 26.2 Å². The molecule has 15 heavy (non-hydrogen) atoms. The molecular weight excluding hydrogens is 184 g/mol. The first-order valence-electron chi connectivity index (χ1n) is 5.76. The zero-order valence-electron chi connectivity index (χ0n) is 9.90. The summed E-state index contributed by atoms with van der Waals surface area (Å²) in [4.78, 5) is 6.70. The van der Waals surface area contributed by atoms with Gasteiger partial charge in [0.15, 0.2) is 0 Å². The Balaban J connectivity index is 2.16. The summed E-state index contributed by atoms with van der Waals surface area (Å²) in [5, 5.41) is 0. The fraction of sp³-hybridized carbons (Fsp3) is 0.615. The topological polar surface area (TPSA) is 16.1 Å². The molecule has 2 heterocycles. The highest BCUT2D eigenvalue weighted by atomic mass is 15.1. The quantitative estimate of drug-likeness (QED) is 0.698. The van der Waals surface area contributed by atoms with E-state index in [0.29, 0.717) is 5.92 Å². The van der Waals surface area contributed by atoms with Gasteiger partial charge in [-0.25, -0.2) is 0 Å². The van der Waals surface area contributed by atoms with Crippen LogP contribution in [-0.2, 0) is 0 Å². The van der Waals surface area contributed by atoms with Crippen molar-refractivity contribution in [3.05, 3.63) is 29.6 Å². The second-order valence-electron chi connectivity index (χ2n) is 4.99. The van der Waals surface area contributed by atoms with Crippen LogP contribution in [0.1, 0.15) is 30.5 Å². The minimum absolute atomic E-state index is 0.695. The zero-order valence-corrected chi connectivity index (χ0v) is 9.90. The predicted octanol–water partition coefficient (Wildman–Crippen LogP) is 2.45. The molecule has 0 saturated carbocycles. The molecule has 0 N–H and O–H groups in total. The van der Waals surface area contributed by atoms with Gasteiger partial charge in [-0.3, -0.25) is 4.98 Å². The van der Waals surface area contributed by atoms with E-state index in [1.54, 1.807) is 0 Å². The number of pyridine rings is 1. The van der Waals surface area contributed by atoms with Crippen LogP contribution in [0, 0.1) is 12.8 Å². The van der Waals surface area contributed by atoms with E-state index in [9.17, 15) is 0 Å². The summed E-state index contributed by atoms with van der Waals surface area (Å²) in [6.07, 6.45) is 3.25. The highest BCUT2D eigenvalue weighted by molar-refractivity contribution is 5.21. The molecule has 0 amide bonds. The van der Waals surface area contributed by atoms with E-state index < -0.39 is 0 Å². The average molecular weight is 204 g/mol. The summed E-state index contributed by atoms with van der Waals surface area (Å²) in [6, 6.07) is 4.40. The van der Waals surface area contributed by atoms with E-state index in [0.717, 1.165) is 11.6 Å². The fourth-order valence-corrected chi connectivity index (χ4v) is 2.68. The first-order chi connectivity index (χ1) is 7.15. The van der Waals surface area contributed by atoms with E-state index in [-0.39, 0.29) is 0 Å². The van der Waals surface area contributed by atoms with Crippen molar-refractivity contribution < 1.29 is 0 Å². The van der Waals surface area contributed by atoms with Crippen molar-refractivity contribution >= 4 is 0 Å². The number of hydrogen-bond acceptors (Lipinski definition) is 2. The Kier molecular flexibility index (Phi) is 3.06. The van der Waals surface area contributed by atoms with Gasteiger partial charge in [-0.1, -0.05) is 6.92 Å². The van der Waals surface area contributed by atoms with Gasteiger partial charge in [0.25, 0.3) is 0 Å². The van der Waals surface area contributed by atoms with Crippen molar-refractivity contribution in [3.8, 4) is 0 Å². The minimum atomic E-state index is 0.695. The Morgan fingerprint density at radius 2 is 2.20 bits per heavy atom. The van der Waals surface area contributed by atoms with Crippen molar-refractivity contribution in [1.82, 2.24) is 9.88 Å². The van der Waals surface area contributed by atoms with Crippen LogP contribution >= 0.6 is 0 Å². The van der Waals surface area contributed by atoms with Gasteiger partial charge in [0.2, 0.25) is 0 Å². The molecule has 0 bridgehead atoms. The number of rotatable bonds is 1. The highest BCUT2D eigenvalue weighted by Gasteiger charge is 2.23. The van der Waals surface area contributed by atoms with Crippen molar-refractivity contribution in [3.63, 3.8) is 0 Å². The molecule has 0 spiro atoms. The fourth-order valence-electron chi connectivity index (χ4n) is 2.68. The van der Waals surface area contributed by atoms with Crippen LogP contribution in [0.3, 0.4) is 0 Å². The van der Waals surface area contributed by atoms with Crippen molar-refractivity contribution in [2.75, 3.05) is 20.1 Å². The zero-order chi connectivity index (χ0) is 10.8. The third-order valence-corrected chi connectivity index (χ3v) is 3.23. The molecule has 0 radical (unpaired) electrons. The molecule has 1 aromatic heterocycles. The van der Waals surface area contributed by atoms with Crippen molar-refractivity contribution in [1.29, 1.82) is 0 Å². The number of likely N-dealkylation sites (N-methyl/N-ethyl adjacent to an activating group) is 1. The average Bonchev–Trinajstić information content (AvgIpc) is 2.16. The molecule has 1 aliphatic heterocycles. The van der Waals surface area contributed by atoms with Crippen LogP contribution in [0.15, 0.2) is 18.3 Å². The van der Waals surface area contributed by atoms with Gasteiger partial charge >= 0.3 is 0 Å². The van der Waals surface area contributed by atoms with Crippen LogP contribution in [0.25, 0.3) is 0 Å². The molecule has 0 unspecified atom stereocenters. The lowest BCUT2D eigenvalue weighted by atomic mass is 9.86. The number of aryl methyl sites for hydroxylation is 1. The Hall–Kier alpha value is -0.890. The lowest BCUT2D eigenvalue weighted by Crippen LogP contribution is -2.35. The Morgan fingerprint density at radius 1 is 1.40 bits per heavy atom. The predicted molar refractivity (Wildman–Crippen MR) is 63.0 cm³/mol. The number of likely N-dealkylation sites (tertiary alicyclic amines) is 1. The van der Waals surface area contributed by atoms with Gasteiger partial charge in [-0.2, -0.15) is 0 Å². The van der Waals surface area contributed by atoms with E-state index in [1.165, 1.54) is 25.1 Å². The molecule has 1 aliphatic rings. The highest BCUT2D eigenvalue weighted by Crippen LogP contribution is 2.29. The third-order valence-electron chi connectivity index (χ3n) is 3.23. The summed E-state index contributed by atoms with van der Waals surface area (Å²) >= 11 is 0. The molecule has 1 fully saturated rings. The van der Waals surface area contributed by atoms with Crippen LogP contribution in [0.2, 0.25) is 0 Å². The summed E-state index contributed by atoms with van der Waals surface area (Å²) in [5.74, 6) is 1.50. The molecule has 1 aromatic rings. The largest absolute Gasteiger partial charge is 0.305 e.